The molecule has 0 radical (unpaired) electrons. The molecule has 1 aliphatic carbocycles. The molecule has 3 rings (SSSR count). The van der Waals surface area contributed by atoms with Gasteiger partial charge in [-0.25, -0.2) is 0 Å². The SMILES string of the molecule is O=C(NCC1CCCC1O)c1ccc(-c2ccco2)[nH]c1=O. The Morgan fingerprint density at radius 1 is 1.36 bits per heavy atom. The number of aliphatic hydroxyl groups is 1. The number of carbonyl (C=O) groups is 1. The number of aromatic amines is 1. The number of amides is 1. The maximum Gasteiger partial charge on any atom is 0.261 e. The fourth-order valence-corrected chi connectivity index (χ4v) is 2.80. The normalized spacial score (nSPS) is 21.0. The van der Waals surface area contributed by atoms with Crippen molar-refractivity contribution in [3.8, 4) is 11.5 Å². The smallest absolute Gasteiger partial charge is 0.261 e. The average Bonchev–Trinajstić information content (AvgIpc) is 3.16. The summed E-state index contributed by atoms with van der Waals surface area (Å²) in [6.45, 7) is 0.388. The van der Waals surface area contributed by atoms with Crippen LogP contribution in [0.15, 0.2) is 39.7 Å². The van der Waals surface area contributed by atoms with Gasteiger partial charge >= 0.3 is 0 Å². The minimum atomic E-state index is -0.460. The molecule has 0 saturated heterocycles. The molecule has 1 saturated carbocycles. The third-order valence-electron chi connectivity index (χ3n) is 4.08. The minimum absolute atomic E-state index is 0.0581. The van der Waals surface area contributed by atoms with E-state index in [0.29, 0.717) is 18.0 Å². The number of pyridine rings is 1. The van der Waals surface area contributed by atoms with E-state index in [1.807, 2.05) is 0 Å². The predicted octanol–water partition coefficient (Wildman–Crippen LogP) is 1.53. The second-order valence-electron chi connectivity index (χ2n) is 5.56. The Balaban J connectivity index is 1.69. The second-order valence-corrected chi connectivity index (χ2v) is 5.56. The zero-order valence-corrected chi connectivity index (χ0v) is 12.0. The molecule has 6 heteroatoms. The maximum absolute atomic E-state index is 12.1. The van der Waals surface area contributed by atoms with E-state index in [1.165, 1.54) is 12.3 Å². The molecule has 1 aliphatic rings. The van der Waals surface area contributed by atoms with Crippen LogP contribution in [-0.4, -0.2) is 28.6 Å². The number of rotatable bonds is 4. The Bertz CT molecular complexity index is 705. The van der Waals surface area contributed by atoms with Gasteiger partial charge in [0, 0.05) is 12.5 Å². The molecule has 1 fully saturated rings. The van der Waals surface area contributed by atoms with Crippen molar-refractivity contribution in [2.45, 2.75) is 25.4 Å². The topological polar surface area (TPSA) is 95.3 Å². The third kappa shape index (κ3) is 2.96. The minimum Gasteiger partial charge on any atom is -0.463 e. The van der Waals surface area contributed by atoms with Crippen molar-refractivity contribution in [1.29, 1.82) is 0 Å². The monoisotopic (exact) mass is 302 g/mol. The van der Waals surface area contributed by atoms with Gasteiger partial charge in [0.2, 0.25) is 0 Å². The summed E-state index contributed by atoms with van der Waals surface area (Å²) in [6, 6.07) is 6.57. The Labute approximate surface area is 127 Å². The van der Waals surface area contributed by atoms with Crippen molar-refractivity contribution in [2.24, 2.45) is 5.92 Å². The first-order chi connectivity index (χ1) is 10.6. The van der Waals surface area contributed by atoms with Crippen molar-refractivity contribution >= 4 is 5.91 Å². The van der Waals surface area contributed by atoms with E-state index < -0.39 is 11.5 Å². The van der Waals surface area contributed by atoms with Gasteiger partial charge in [0.25, 0.3) is 11.5 Å². The van der Waals surface area contributed by atoms with Gasteiger partial charge in [0.15, 0.2) is 0 Å². The van der Waals surface area contributed by atoms with Gasteiger partial charge in [-0.15, -0.1) is 0 Å². The molecule has 2 unspecified atom stereocenters. The quantitative estimate of drug-likeness (QED) is 0.798. The fourth-order valence-electron chi connectivity index (χ4n) is 2.80. The van der Waals surface area contributed by atoms with Gasteiger partial charge < -0.3 is 19.8 Å². The van der Waals surface area contributed by atoms with Crippen molar-refractivity contribution in [3.05, 3.63) is 46.4 Å². The maximum atomic E-state index is 12.1. The van der Waals surface area contributed by atoms with Crippen molar-refractivity contribution in [2.75, 3.05) is 6.54 Å². The van der Waals surface area contributed by atoms with Crippen LogP contribution in [0.2, 0.25) is 0 Å². The highest BCUT2D eigenvalue weighted by Gasteiger charge is 2.25. The zero-order chi connectivity index (χ0) is 15.5. The summed E-state index contributed by atoms with van der Waals surface area (Å²) in [5.41, 5.74) is 0.124. The van der Waals surface area contributed by atoms with Gasteiger partial charge in [-0.2, -0.15) is 0 Å². The van der Waals surface area contributed by atoms with Crippen LogP contribution in [0.25, 0.3) is 11.5 Å². The number of hydrogen-bond acceptors (Lipinski definition) is 4. The van der Waals surface area contributed by atoms with Gasteiger partial charge in [0.05, 0.1) is 18.1 Å². The molecule has 0 aliphatic heterocycles. The number of aliphatic hydroxyl groups excluding tert-OH is 1. The lowest BCUT2D eigenvalue weighted by Crippen LogP contribution is -2.35. The van der Waals surface area contributed by atoms with E-state index in [4.69, 9.17) is 4.42 Å². The molecule has 116 valence electrons. The summed E-state index contributed by atoms with van der Waals surface area (Å²) >= 11 is 0. The molecule has 22 heavy (non-hydrogen) atoms. The first-order valence-corrected chi connectivity index (χ1v) is 7.38. The summed E-state index contributed by atoms with van der Waals surface area (Å²) in [7, 11) is 0. The van der Waals surface area contributed by atoms with E-state index in [1.54, 1.807) is 18.2 Å². The number of carbonyl (C=O) groups excluding carboxylic acids is 1. The standard InChI is InChI=1S/C16H18N2O4/c19-13-4-1-3-10(13)9-17-15(20)11-6-7-12(18-16(11)21)14-5-2-8-22-14/h2,5-8,10,13,19H,1,3-4,9H2,(H,17,20)(H,18,21). The first-order valence-electron chi connectivity index (χ1n) is 7.38. The molecule has 0 aromatic carbocycles. The molecule has 2 aromatic rings. The second kappa shape index (κ2) is 6.19. The van der Waals surface area contributed by atoms with Crippen LogP contribution >= 0.6 is 0 Å². The van der Waals surface area contributed by atoms with Crippen LogP contribution < -0.4 is 10.9 Å². The molecule has 2 atom stereocenters. The van der Waals surface area contributed by atoms with Gasteiger partial charge in [-0.3, -0.25) is 9.59 Å². The summed E-state index contributed by atoms with van der Waals surface area (Å²) in [4.78, 5) is 26.8. The molecular formula is C16H18N2O4. The van der Waals surface area contributed by atoms with E-state index >= 15 is 0 Å². The van der Waals surface area contributed by atoms with Crippen LogP contribution in [0.3, 0.4) is 0 Å². The molecular weight excluding hydrogens is 284 g/mol. The summed E-state index contributed by atoms with van der Waals surface area (Å²) < 4.78 is 5.20. The molecule has 2 aromatic heterocycles. The van der Waals surface area contributed by atoms with E-state index in [0.717, 1.165) is 19.3 Å². The van der Waals surface area contributed by atoms with Crippen LogP contribution in [-0.2, 0) is 0 Å². The molecule has 0 bridgehead atoms. The van der Waals surface area contributed by atoms with Gasteiger partial charge in [0.1, 0.15) is 11.3 Å². The Kier molecular flexibility index (Phi) is 4.11. The predicted molar refractivity (Wildman–Crippen MR) is 80.4 cm³/mol. The van der Waals surface area contributed by atoms with E-state index in [9.17, 15) is 14.7 Å². The first kappa shape index (κ1) is 14.6. The van der Waals surface area contributed by atoms with Gasteiger partial charge in [-0.1, -0.05) is 6.42 Å². The largest absolute Gasteiger partial charge is 0.463 e. The fraction of sp³-hybridized carbons (Fsp3) is 0.375. The van der Waals surface area contributed by atoms with Crippen LogP contribution in [0, 0.1) is 5.92 Å². The highest BCUT2D eigenvalue weighted by Crippen LogP contribution is 2.24. The lowest BCUT2D eigenvalue weighted by Gasteiger charge is -2.14. The number of hydrogen-bond donors (Lipinski definition) is 3. The van der Waals surface area contributed by atoms with Crippen molar-refractivity contribution in [1.82, 2.24) is 10.3 Å². The number of aromatic nitrogens is 1. The van der Waals surface area contributed by atoms with Crippen LogP contribution in [0.1, 0.15) is 29.6 Å². The summed E-state index contributed by atoms with van der Waals surface area (Å²) in [5.74, 6) is 0.190. The molecule has 1 amide bonds. The Hall–Kier alpha value is -2.34. The van der Waals surface area contributed by atoms with Crippen LogP contribution in [0.4, 0.5) is 0 Å². The Morgan fingerprint density at radius 3 is 2.86 bits per heavy atom. The molecule has 6 nitrogen and oxygen atoms in total. The zero-order valence-electron chi connectivity index (χ0n) is 12.0. The molecule has 2 heterocycles. The number of nitrogens with one attached hydrogen (secondary N) is 2. The van der Waals surface area contributed by atoms with Crippen molar-refractivity contribution < 1.29 is 14.3 Å². The third-order valence-corrected chi connectivity index (χ3v) is 4.08. The van der Waals surface area contributed by atoms with E-state index in [-0.39, 0.29) is 17.6 Å². The average molecular weight is 302 g/mol. The molecule has 3 N–H and O–H groups in total. The number of furan rings is 1. The number of H-pyrrole nitrogens is 1. The highest BCUT2D eigenvalue weighted by molar-refractivity contribution is 5.94. The highest BCUT2D eigenvalue weighted by atomic mass is 16.3. The molecule has 0 spiro atoms. The lowest BCUT2D eigenvalue weighted by molar-refractivity contribution is 0.0915. The lowest BCUT2D eigenvalue weighted by atomic mass is 10.1. The summed E-state index contributed by atoms with van der Waals surface area (Å²) in [6.07, 6.45) is 3.80. The van der Waals surface area contributed by atoms with Crippen molar-refractivity contribution in [3.63, 3.8) is 0 Å². The van der Waals surface area contributed by atoms with Crippen LogP contribution in [0.5, 0.6) is 0 Å². The Morgan fingerprint density at radius 2 is 2.23 bits per heavy atom. The van der Waals surface area contributed by atoms with E-state index in [2.05, 4.69) is 10.3 Å². The van der Waals surface area contributed by atoms with Gasteiger partial charge in [-0.05, 0) is 37.1 Å². The summed E-state index contributed by atoms with van der Waals surface area (Å²) in [5, 5.41) is 12.5.